The second-order valence-electron chi connectivity index (χ2n) is 6.43. The molecule has 0 saturated heterocycles. The van der Waals surface area contributed by atoms with Gasteiger partial charge in [0.1, 0.15) is 0 Å². The number of anilines is 1. The van der Waals surface area contributed by atoms with Gasteiger partial charge >= 0.3 is 0 Å². The summed E-state index contributed by atoms with van der Waals surface area (Å²) in [7, 11) is 4.60. The first-order valence-corrected chi connectivity index (χ1v) is 9.56. The molecular formula is C24H24N2O5. The molecule has 0 aliphatic carbocycles. The summed E-state index contributed by atoms with van der Waals surface area (Å²) in [6.45, 7) is -0.232. The predicted octanol–water partition coefficient (Wildman–Crippen LogP) is 4.37. The standard InChI is InChI=1S/C24H24N2O5/c1-28-21-13-17(14-22(29-2)24(21)30-3)15-25-31-16-23(27)26-20-12-8-7-11-19(20)18-9-5-4-6-10-18/h4-15H,16H2,1-3H3,(H,26,27)/b25-15-. The number of oxime groups is 1. The van der Waals surface area contributed by atoms with Gasteiger partial charge in [-0.05, 0) is 23.8 Å². The van der Waals surface area contributed by atoms with Crippen molar-refractivity contribution in [2.45, 2.75) is 0 Å². The minimum atomic E-state index is -0.314. The summed E-state index contributed by atoms with van der Waals surface area (Å²) >= 11 is 0. The Hall–Kier alpha value is -4.00. The minimum absolute atomic E-state index is 0.232. The van der Waals surface area contributed by atoms with E-state index < -0.39 is 0 Å². The van der Waals surface area contributed by atoms with Crippen molar-refractivity contribution in [3.8, 4) is 28.4 Å². The van der Waals surface area contributed by atoms with Crippen LogP contribution in [0, 0.1) is 0 Å². The average molecular weight is 420 g/mol. The number of rotatable bonds is 9. The molecule has 3 rings (SSSR count). The van der Waals surface area contributed by atoms with Crippen molar-refractivity contribution in [1.82, 2.24) is 0 Å². The molecule has 0 atom stereocenters. The Morgan fingerprint density at radius 3 is 2.19 bits per heavy atom. The molecule has 1 N–H and O–H groups in total. The van der Waals surface area contributed by atoms with Crippen molar-refractivity contribution < 1.29 is 23.8 Å². The second-order valence-corrected chi connectivity index (χ2v) is 6.43. The van der Waals surface area contributed by atoms with Crippen molar-refractivity contribution >= 4 is 17.8 Å². The Morgan fingerprint density at radius 1 is 0.903 bits per heavy atom. The zero-order valence-corrected chi connectivity index (χ0v) is 17.6. The number of hydrogen-bond donors (Lipinski definition) is 1. The normalized spacial score (nSPS) is 10.5. The molecule has 0 unspecified atom stereocenters. The Kier molecular flexibility index (Phi) is 7.48. The van der Waals surface area contributed by atoms with E-state index in [4.69, 9.17) is 19.0 Å². The van der Waals surface area contributed by atoms with Crippen LogP contribution in [0.25, 0.3) is 11.1 Å². The van der Waals surface area contributed by atoms with Gasteiger partial charge in [0.15, 0.2) is 18.1 Å². The van der Waals surface area contributed by atoms with E-state index in [1.807, 2.05) is 54.6 Å². The van der Waals surface area contributed by atoms with Crippen LogP contribution in [0.2, 0.25) is 0 Å². The highest BCUT2D eigenvalue weighted by Crippen LogP contribution is 2.37. The molecule has 0 saturated carbocycles. The molecule has 3 aromatic rings. The number of amides is 1. The van der Waals surface area contributed by atoms with Gasteiger partial charge in [-0.1, -0.05) is 53.7 Å². The van der Waals surface area contributed by atoms with Crippen molar-refractivity contribution in [3.05, 3.63) is 72.3 Å². The fraction of sp³-hybridized carbons (Fsp3) is 0.167. The van der Waals surface area contributed by atoms with Gasteiger partial charge in [-0.3, -0.25) is 4.79 Å². The minimum Gasteiger partial charge on any atom is -0.493 e. The van der Waals surface area contributed by atoms with Crippen molar-refractivity contribution in [2.75, 3.05) is 33.3 Å². The molecule has 7 nitrogen and oxygen atoms in total. The van der Waals surface area contributed by atoms with Gasteiger partial charge in [0, 0.05) is 16.8 Å². The molecule has 0 aliphatic rings. The highest BCUT2D eigenvalue weighted by Gasteiger charge is 2.12. The first-order chi connectivity index (χ1) is 15.2. The smallest absolute Gasteiger partial charge is 0.265 e. The number of nitrogens with one attached hydrogen (secondary N) is 1. The van der Waals surface area contributed by atoms with Gasteiger partial charge in [0.05, 0.1) is 27.5 Å². The van der Waals surface area contributed by atoms with Crippen molar-refractivity contribution in [2.24, 2.45) is 5.16 Å². The monoisotopic (exact) mass is 420 g/mol. The van der Waals surface area contributed by atoms with E-state index in [9.17, 15) is 4.79 Å². The fourth-order valence-electron chi connectivity index (χ4n) is 3.02. The van der Waals surface area contributed by atoms with Crippen LogP contribution in [0.1, 0.15) is 5.56 Å². The zero-order valence-electron chi connectivity index (χ0n) is 17.6. The van der Waals surface area contributed by atoms with Crippen LogP contribution in [0.15, 0.2) is 71.9 Å². The van der Waals surface area contributed by atoms with Crippen LogP contribution in [-0.2, 0) is 9.63 Å². The molecule has 160 valence electrons. The molecule has 0 aromatic heterocycles. The highest BCUT2D eigenvalue weighted by atomic mass is 16.6. The quantitative estimate of drug-likeness (QED) is 0.411. The summed E-state index contributed by atoms with van der Waals surface area (Å²) in [6, 6.07) is 20.9. The fourth-order valence-corrected chi connectivity index (χ4v) is 3.02. The van der Waals surface area contributed by atoms with Crippen LogP contribution >= 0.6 is 0 Å². The number of hydrogen-bond acceptors (Lipinski definition) is 6. The van der Waals surface area contributed by atoms with Gasteiger partial charge < -0.3 is 24.4 Å². The number of nitrogens with zero attached hydrogens (tertiary/aromatic N) is 1. The van der Waals surface area contributed by atoms with E-state index >= 15 is 0 Å². The molecule has 0 fully saturated rings. The maximum Gasteiger partial charge on any atom is 0.265 e. The summed E-state index contributed by atoms with van der Waals surface area (Å²) in [5.41, 5.74) is 3.32. The first kappa shape index (κ1) is 21.7. The van der Waals surface area contributed by atoms with E-state index in [0.717, 1.165) is 11.1 Å². The van der Waals surface area contributed by atoms with Gasteiger partial charge in [0.25, 0.3) is 5.91 Å². The maximum atomic E-state index is 12.3. The van der Waals surface area contributed by atoms with Crippen LogP contribution in [0.4, 0.5) is 5.69 Å². The molecule has 31 heavy (non-hydrogen) atoms. The summed E-state index contributed by atoms with van der Waals surface area (Å²) in [4.78, 5) is 17.5. The molecule has 0 radical (unpaired) electrons. The first-order valence-electron chi connectivity index (χ1n) is 9.56. The van der Waals surface area contributed by atoms with Crippen LogP contribution in [0.3, 0.4) is 0 Å². The summed E-state index contributed by atoms with van der Waals surface area (Å²) in [5.74, 6) is 1.17. The third-order valence-corrected chi connectivity index (χ3v) is 4.44. The van der Waals surface area contributed by atoms with E-state index in [1.54, 1.807) is 12.1 Å². The Balaban J connectivity index is 1.62. The van der Waals surface area contributed by atoms with Crippen molar-refractivity contribution in [1.29, 1.82) is 0 Å². The van der Waals surface area contributed by atoms with Crippen LogP contribution in [-0.4, -0.2) is 40.1 Å². The highest BCUT2D eigenvalue weighted by molar-refractivity contribution is 5.96. The predicted molar refractivity (Wildman–Crippen MR) is 120 cm³/mol. The number of carbonyl (C=O) groups is 1. The molecule has 0 bridgehead atoms. The number of carbonyl (C=O) groups excluding carboxylic acids is 1. The zero-order chi connectivity index (χ0) is 22.1. The summed E-state index contributed by atoms with van der Waals surface area (Å²) in [5, 5.41) is 6.74. The summed E-state index contributed by atoms with van der Waals surface area (Å²) in [6.07, 6.45) is 1.47. The van der Waals surface area contributed by atoms with Crippen LogP contribution < -0.4 is 19.5 Å². The number of benzene rings is 3. The Morgan fingerprint density at radius 2 is 1.55 bits per heavy atom. The molecular weight excluding hydrogens is 396 g/mol. The molecule has 0 spiro atoms. The third-order valence-electron chi connectivity index (χ3n) is 4.44. The lowest BCUT2D eigenvalue weighted by molar-refractivity contribution is -0.120. The average Bonchev–Trinajstić information content (AvgIpc) is 2.82. The lowest BCUT2D eigenvalue weighted by Gasteiger charge is -2.12. The summed E-state index contributed by atoms with van der Waals surface area (Å²) < 4.78 is 15.9. The van der Waals surface area contributed by atoms with E-state index in [0.29, 0.717) is 28.5 Å². The number of methoxy groups -OCH3 is 3. The largest absolute Gasteiger partial charge is 0.493 e. The van der Waals surface area contributed by atoms with Crippen molar-refractivity contribution in [3.63, 3.8) is 0 Å². The SMILES string of the molecule is COc1cc(/C=N\OCC(=O)Nc2ccccc2-c2ccccc2)cc(OC)c1OC. The molecule has 0 heterocycles. The van der Waals surface area contributed by atoms with Crippen LogP contribution in [0.5, 0.6) is 17.2 Å². The molecule has 7 heteroatoms. The third kappa shape index (κ3) is 5.54. The van der Waals surface area contributed by atoms with Gasteiger partial charge in [-0.2, -0.15) is 0 Å². The lowest BCUT2D eigenvalue weighted by atomic mass is 10.0. The number of para-hydroxylation sites is 1. The molecule has 3 aromatic carbocycles. The van der Waals surface area contributed by atoms with Gasteiger partial charge in [-0.15, -0.1) is 0 Å². The topological polar surface area (TPSA) is 78.4 Å². The Labute approximate surface area is 181 Å². The molecule has 1 amide bonds. The lowest BCUT2D eigenvalue weighted by Crippen LogP contribution is -2.17. The van der Waals surface area contributed by atoms with E-state index in [-0.39, 0.29) is 12.5 Å². The molecule has 0 aliphatic heterocycles. The Bertz CT molecular complexity index is 1030. The van der Waals surface area contributed by atoms with E-state index in [2.05, 4.69) is 10.5 Å². The maximum absolute atomic E-state index is 12.3. The van der Waals surface area contributed by atoms with Gasteiger partial charge in [0.2, 0.25) is 5.75 Å². The number of ether oxygens (including phenoxy) is 3. The van der Waals surface area contributed by atoms with E-state index in [1.165, 1.54) is 27.5 Å². The van der Waals surface area contributed by atoms with Gasteiger partial charge in [-0.25, -0.2) is 0 Å². The second kappa shape index (κ2) is 10.7.